The Morgan fingerprint density at radius 2 is 1.85 bits per heavy atom. The maximum atomic E-state index is 12.5. The van der Waals surface area contributed by atoms with Crippen molar-refractivity contribution >= 4 is 21.8 Å². The van der Waals surface area contributed by atoms with E-state index in [0.717, 1.165) is 12.1 Å². The quantitative estimate of drug-likeness (QED) is 0.757. The van der Waals surface area contributed by atoms with Gasteiger partial charge in [0, 0.05) is 34.4 Å². The molecule has 0 unspecified atom stereocenters. The molecule has 1 heterocycles. The van der Waals surface area contributed by atoms with Gasteiger partial charge in [-0.3, -0.25) is 4.39 Å². The summed E-state index contributed by atoms with van der Waals surface area (Å²) in [4.78, 5) is 0. The first kappa shape index (κ1) is 13.1. The third kappa shape index (κ3) is 1.98. The number of nitrogens with zero attached hydrogens (tertiary/aromatic N) is 1. The molecular weight excluding hydrogens is 251 g/mol. The van der Waals surface area contributed by atoms with E-state index in [1.54, 1.807) is 0 Å². The van der Waals surface area contributed by atoms with Crippen molar-refractivity contribution in [2.75, 3.05) is 6.67 Å². The molecule has 3 heteroatoms. The van der Waals surface area contributed by atoms with Gasteiger partial charge in [0.05, 0.1) is 6.67 Å². The molecule has 0 radical (unpaired) electrons. The van der Waals surface area contributed by atoms with Crippen molar-refractivity contribution < 1.29 is 4.39 Å². The van der Waals surface area contributed by atoms with E-state index < -0.39 is 0 Å². The lowest BCUT2D eigenvalue weighted by atomic mass is 10.0. The number of para-hydroxylation sites is 1. The molecule has 0 saturated heterocycles. The summed E-state index contributed by atoms with van der Waals surface area (Å²) in [6, 6.07) is 14.4. The number of hydrogen-bond acceptors (Lipinski definition) is 1. The van der Waals surface area contributed by atoms with E-state index in [9.17, 15) is 4.39 Å². The number of rotatable bonds is 4. The molecule has 0 amide bonds. The third-order valence-corrected chi connectivity index (χ3v) is 3.96. The average Bonchev–Trinajstić information content (AvgIpc) is 2.80. The average molecular weight is 270 g/mol. The Bertz CT molecular complexity index is 745. The molecule has 0 bridgehead atoms. The van der Waals surface area contributed by atoms with Crippen LogP contribution in [0.4, 0.5) is 4.39 Å². The van der Waals surface area contributed by atoms with E-state index in [2.05, 4.69) is 47.9 Å². The second-order valence-electron chi connectivity index (χ2n) is 5.12. The fourth-order valence-corrected chi connectivity index (χ4v) is 2.93. The minimum absolute atomic E-state index is 0.229. The number of aromatic nitrogens is 1. The zero-order valence-electron chi connectivity index (χ0n) is 11.6. The van der Waals surface area contributed by atoms with Gasteiger partial charge in [0.2, 0.25) is 0 Å². The zero-order chi connectivity index (χ0) is 14.1. The minimum atomic E-state index is -0.379. The Morgan fingerprint density at radius 1 is 1.10 bits per heavy atom. The van der Waals surface area contributed by atoms with Crippen LogP contribution in [0.2, 0.25) is 0 Å². The van der Waals surface area contributed by atoms with E-state index >= 15 is 0 Å². The first-order chi connectivity index (χ1) is 9.76. The van der Waals surface area contributed by atoms with Gasteiger partial charge in [-0.05, 0) is 37.1 Å². The van der Waals surface area contributed by atoms with Crippen LogP contribution >= 0.6 is 0 Å². The molecule has 2 nitrogen and oxygen atoms in total. The number of alkyl halides is 1. The van der Waals surface area contributed by atoms with Crippen LogP contribution in [0.5, 0.6) is 0 Å². The van der Waals surface area contributed by atoms with Crippen molar-refractivity contribution in [1.29, 1.82) is 0 Å². The van der Waals surface area contributed by atoms with E-state index in [-0.39, 0.29) is 12.7 Å². The maximum Gasteiger partial charge on any atom is 0.0912 e. The van der Waals surface area contributed by atoms with Crippen LogP contribution in [0, 0.1) is 0 Å². The first-order valence-corrected chi connectivity index (χ1v) is 7.08. The van der Waals surface area contributed by atoms with Gasteiger partial charge >= 0.3 is 0 Å². The molecule has 1 aromatic heterocycles. The Labute approximate surface area is 118 Å². The first-order valence-electron chi connectivity index (χ1n) is 7.08. The lowest BCUT2D eigenvalue weighted by Gasteiger charge is -2.10. The van der Waals surface area contributed by atoms with Crippen molar-refractivity contribution in [1.82, 2.24) is 4.57 Å². The monoisotopic (exact) mass is 270 g/mol. The lowest BCUT2D eigenvalue weighted by Crippen LogP contribution is -2.10. The highest BCUT2D eigenvalue weighted by molar-refractivity contribution is 6.08. The van der Waals surface area contributed by atoms with Crippen molar-refractivity contribution in [3.63, 3.8) is 0 Å². The van der Waals surface area contributed by atoms with Gasteiger partial charge in [-0.15, -0.1) is 0 Å². The normalized spacial score (nSPS) is 13.2. The van der Waals surface area contributed by atoms with Crippen LogP contribution in [0.1, 0.15) is 24.9 Å². The molecule has 0 saturated carbocycles. The second kappa shape index (κ2) is 5.25. The van der Waals surface area contributed by atoms with Crippen LogP contribution in [0.15, 0.2) is 42.5 Å². The predicted octanol–water partition coefficient (Wildman–Crippen LogP) is 4.17. The van der Waals surface area contributed by atoms with Gasteiger partial charge in [-0.1, -0.05) is 24.3 Å². The van der Waals surface area contributed by atoms with Crippen LogP contribution in [0.25, 0.3) is 21.8 Å². The molecule has 0 aliphatic carbocycles. The van der Waals surface area contributed by atoms with Gasteiger partial charge in [0.25, 0.3) is 0 Å². The number of halogens is 1. The van der Waals surface area contributed by atoms with E-state index in [1.165, 1.54) is 21.8 Å². The summed E-state index contributed by atoms with van der Waals surface area (Å²) in [7, 11) is 0. The third-order valence-electron chi connectivity index (χ3n) is 3.96. The van der Waals surface area contributed by atoms with E-state index in [4.69, 9.17) is 5.73 Å². The fourth-order valence-electron chi connectivity index (χ4n) is 2.93. The summed E-state index contributed by atoms with van der Waals surface area (Å²) >= 11 is 0. The van der Waals surface area contributed by atoms with Gasteiger partial charge in [0.1, 0.15) is 0 Å². The highest BCUT2D eigenvalue weighted by Crippen LogP contribution is 2.31. The number of hydrogen-bond donors (Lipinski definition) is 1. The summed E-state index contributed by atoms with van der Waals surface area (Å²) in [5, 5.41) is 2.44. The number of aryl methyl sites for hydroxylation is 1. The molecular formula is C17H19FN2. The molecule has 0 aliphatic heterocycles. The fraction of sp³-hybridized carbons (Fsp3) is 0.294. The molecule has 20 heavy (non-hydrogen) atoms. The maximum absolute atomic E-state index is 12.5. The SMILES string of the molecule is CCn1c2ccccc2c2cc([C@H](N)CCF)ccc21. The Kier molecular flexibility index (Phi) is 3.45. The lowest BCUT2D eigenvalue weighted by molar-refractivity contribution is 0.442. The van der Waals surface area contributed by atoms with Crippen molar-refractivity contribution in [2.45, 2.75) is 25.9 Å². The number of fused-ring (bicyclic) bond motifs is 3. The summed E-state index contributed by atoms with van der Waals surface area (Å²) in [6.07, 6.45) is 0.373. The largest absolute Gasteiger partial charge is 0.341 e. The smallest absolute Gasteiger partial charge is 0.0912 e. The van der Waals surface area contributed by atoms with Crippen LogP contribution < -0.4 is 5.73 Å². The standard InChI is InChI=1S/C17H19FN2/c1-2-20-16-6-4-3-5-13(16)14-11-12(7-8-17(14)20)15(19)9-10-18/h3-8,11,15H,2,9-10,19H2,1H3/t15-/m1/s1. The summed E-state index contributed by atoms with van der Waals surface area (Å²) in [5.41, 5.74) is 9.49. The van der Waals surface area contributed by atoms with E-state index in [1.807, 2.05) is 6.07 Å². The Hall–Kier alpha value is -1.87. The van der Waals surface area contributed by atoms with Crippen molar-refractivity contribution in [2.24, 2.45) is 5.73 Å². The molecule has 1 atom stereocenters. The topological polar surface area (TPSA) is 30.9 Å². The molecule has 0 spiro atoms. The molecule has 104 valence electrons. The number of benzene rings is 2. The molecule has 0 fully saturated rings. The molecule has 2 aromatic carbocycles. The highest BCUT2D eigenvalue weighted by Gasteiger charge is 2.12. The van der Waals surface area contributed by atoms with Gasteiger partial charge < -0.3 is 10.3 Å². The Balaban J connectivity index is 2.26. The van der Waals surface area contributed by atoms with E-state index in [0.29, 0.717) is 6.42 Å². The zero-order valence-corrected chi connectivity index (χ0v) is 11.6. The van der Waals surface area contributed by atoms with Gasteiger partial charge in [0.15, 0.2) is 0 Å². The van der Waals surface area contributed by atoms with Crippen molar-refractivity contribution in [3.05, 3.63) is 48.0 Å². The molecule has 0 aliphatic rings. The number of nitrogens with two attached hydrogens (primary N) is 1. The van der Waals surface area contributed by atoms with Crippen LogP contribution in [0.3, 0.4) is 0 Å². The minimum Gasteiger partial charge on any atom is -0.341 e. The second-order valence-corrected chi connectivity index (χ2v) is 5.12. The van der Waals surface area contributed by atoms with Crippen LogP contribution in [-0.2, 0) is 6.54 Å². The summed E-state index contributed by atoms with van der Waals surface area (Å²) in [6.45, 7) is 2.70. The predicted molar refractivity (Wildman–Crippen MR) is 82.6 cm³/mol. The summed E-state index contributed by atoms with van der Waals surface area (Å²) in [5.74, 6) is 0. The molecule has 3 aromatic rings. The Morgan fingerprint density at radius 3 is 2.60 bits per heavy atom. The van der Waals surface area contributed by atoms with Crippen molar-refractivity contribution in [3.8, 4) is 0 Å². The van der Waals surface area contributed by atoms with Gasteiger partial charge in [-0.2, -0.15) is 0 Å². The molecule has 3 rings (SSSR count). The summed E-state index contributed by atoms with van der Waals surface area (Å²) < 4.78 is 14.8. The van der Waals surface area contributed by atoms with Gasteiger partial charge in [-0.25, -0.2) is 0 Å². The molecule has 2 N–H and O–H groups in total. The highest BCUT2D eigenvalue weighted by atomic mass is 19.1. The van der Waals surface area contributed by atoms with Crippen LogP contribution in [-0.4, -0.2) is 11.2 Å².